The Morgan fingerprint density at radius 1 is 1.53 bits per heavy atom. The zero-order chi connectivity index (χ0) is 11.0. The predicted molar refractivity (Wildman–Crippen MR) is 50.4 cm³/mol. The highest BCUT2D eigenvalue weighted by Crippen LogP contribution is 2.36. The van der Waals surface area contributed by atoms with Crippen LogP contribution >= 0.6 is 0 Å². The van der Waals surface area contributed by atoms with E-state index in [9.17, 15) is 13.9 Å². The maximum absolute atomic E-state index is 13.5. The van der Waals surface area contributed by atoms with E-state index in [0.29, 0.717) is 24.0 Å². The first-order chi connectivity index (χ1) is 7.15. The Balaban J connectivity index is 2.58. The number of aryl methyl sites for hydroxylation is 1. The van der Waals surface area contributed by atoms with Crippen LogP contribution in [0.4, 0.5) is 8.78 Å². The van der Waals surface area contributed by atoms with Crippen molar-refractivity contribution < 1.29 is 18.6 Å². The first-order valence-electron chi connectivity index (χ1n) is 4.81. The second-order valence-electron chi connectivity index (χ2n) is 3.71. The van der Waals surface area contributed by atoms with Crippen molar-refractivity contribution in [1.82, 2.24) is 0 Å². The van der Waals surface area contributed by atoms with E-state index in [1.165, 1.54) is 13.2 Å². The SMILES string of the molecule is COCc1c(F)c(F)cc2c1C(O)CC2. The van der Waals surface area contributed by atoms with Crippen LogP contribution in [0.25, 0.3) is 0 Å². The van der Waals surface area contributed by atoms with Crippen LogP contribution in [0.1, 0.15) is 29.2 Å². The number of benzene rings is 1. The summed E-state index contributed by atoms with van der Waals surface area (Å²) < 4.78 is 31.4. The maximum Gasteiger partial charge on any atom is 0.164 e. The Kier molecular flexibility index (Phi) is 2.71. The van der Waals surface area contributed by atoms with Gasteiger partial charge >= 0.3 is 0 Å². The summed E-state index contributed by atoms with van der Waals surface area (Å²) in [5.74, 6) is -1.77. The number of fused-ring (bicyclic) bond motifs is 1. The normalized spacial score (nSPS) is 19.3. The van der Waals surface area contributed by atoms with Gasteiger partial charge in [0.05, 0.1) is 12.7 Å². The minimum atomic E-state index is -0.906. The molecule has 0 saturated heterocycles. The number of hydrogen-bond acceptors (Lipinski definition) is 2. The van der Waals surface area contributed by atoms with E-state index in [0.717, 1.165) is 0 Å². The molecule has 0 saturated carbocycles. The molecular weight excluding hydrogens is 202 g/mol. The molecule has 1 unspecified atom stereocenters. The largest absolute Gasteiger partial charge is 0.388 e. The summed E-state index contributed by atoms with van der Waals surface area (Å²) in [6.45, 7) is -0.0109. The third-order valence-electron chi connectivity index (χ3n) is 2.76. The molecule has 0 aromatic heterocycles. The van der Waals surface area contributed by atoms with E-state index < -0.39 is 17.7 Å². The Morgan fingerprint density at radius 2 is 2.27 bits per heavy atom. The van der Waals surface area contributed by atoms with E-state index in [2.05, 4.69) is 0 Å². The van der Waals surface area contributed by atoms with Gasteiger partial charge in [0.25, 0.3) is 0 Å². The van der Waals surface area contributed by atoms with E-state index in [1.54, 1.807) is 0 Å². The quantitative estimate of drug-likeness (QED) is 0.816. The fourth-order valence-electron chi connectivity index (χ4n) is 2.09. The highest BCUT2D eigenvalue weighted by Gasteiger charge is 2.27. The molecule has 1 aliphatic carbocycles. The Morgan fingerprint density at radius 3 is 2.93 bits per heavy atom. The van der Waals surface area contributed by atoms with Gasteiger partial charge in [0, 0.05) is 12.7 Å². The second kappa shape index (κ2) is 3.87. The summed E-state index contributed by atoms with van der Waals surface area (Å²) in [6, 6.07) is 1.17. The molecule has 0 fully saturated rings. The number of hydrogen-bond donors (Lipinski definition) is 1. The monoisotopic (exact) mass is 214 g/mol. The number of aliphatic hydroxyl groups is 1. The molecule has 0 heterocycles. The van der Waals surface area contributed by atoms with Gasteiger partial charge in [0.15, 0.2) is 11.6 Å². The molecule has 1 N–H and O–H groups in total. The summed E-state index contributed by atoms with van der Waals surface area (Å²) in [7, 11) is 1.41. The first kappa shape index (κ1) is 10.5. The van der Waals surface area contributed by atoms with Crippen LogP contribution in [0.5, 0.6) is 0 Å². The number of methoxy groups -OCH3 is 1. The molecule has 0 radical (unpaired) electrons. The number of ether oxygens (including phenoxy) is 1. The highest BCUT2D eigenvalue weighted by molar-refractivity contribution is 5.41. The summed E-state index contributed by atoms with van der Waals surface area (Å²) in [5.41, 5.74) is 1.35. The molecule has 2 rings (SSSR count). The number of rotatable bonds is 2. The first-order valence-corrected chi connectivity index (χ1v) is 4.81. The van der Waals surface area contributed by atoms with Gasteiger partial charge in [-0.3, -0.25) is 0 Å². The Bertz CT molecular complexity index is 391. The molecule has 0 bridgehead atoms. The lowest BCUT2D eigenvalue weighted by Crippen LogP contribution is -2.05. The van der Waals surface area contributed by atoms with Gasteiger partial charge in [-0.1, -0.05) is 0 Å². The van der Waals surface area contributed by atoms with Crippen LogP contribution in [0, 0.1) is 11.6 Å². The average molecular weight is 214 g/mol. The van der Waals surface area contributed by atoms with Crippen molar-refractivity contribution in [1.29, 1.82) is 0 Å². The molecule has 1 aliphatic rings. The smallest absolute Gasteiger partial charge is 0.164 e. The molecule has 15 heavy (non-hydrogen) atoms. The maximum atomic E-state index is 13.5. The molecule has 1 atom stereocenters. The number of halogens is 2. The van der Waals surface area contributed by atoms with Gasteiger partial charge < -0.3 is 9.84 Å². The topological polar surface area (TPSA) is 29.5 Å². The standard InChI is InChI=1S/C11H12F2O2/c1-15-5-7-10-6(2-3-9(10)14)4-8(12)11(7)13/h4,9,14H,2-3,5H2,1H3. The van der Waals surface area contributed by atoms with Crippen molar-refractivity contribution in [3.8, 4) is 0 Å². The summed E-state index contributed by atoms with van der Waals surface area (Å²) in [4.78, 5) is 0. The minimum absolute atomic E-state index is 0.0109. The van der Waals surface area contributed by atoms with Crippen LogP contribution in [0.3, 0.4) is 0 Å². The van der Waals surface area contributed by atoms with Crippen LogP contribution < -0.4 is 0 Å². The van der Waals surface area contributed by atoms with Gasteiger partial charge in [-0.15, -0.1) is 0 Å². The van der Waals surface area contributed by atoms with Gasteiger partial charge in [0.1, 0.15) is 0 Å². The van der Waals surface area contributed by atoms with Crippen molar-refractivity contribution in [2.75, 3.05) is 7.11 Å². The molecule has 82 valence electrons. The highest BCUT2D eigenvalue weighted by atomic mass is 19.2. The lowest BCUT2D eigenvalue weighted by Gasteiger charge is -2.12. The van der Waals surface area contributed by atoms with Gasteiger partial charge in [-0.2, -0.15) is 0 Å². The van der Waals surface area contributed by atoms with Crippen molar-refractivity contribution in [2.24, 2.45) is 0 Å². The van der Waals surface area contributed by atoms with Crippen molar-refractivity contribution >= 4 is 0 Å². The zero-order valence-electron chi connectivity index (χ0n) is 8.39. The fourth-order valence-corrected chi connectivity index (χ4v) is 2.09. The van der Waals surface area contributed by atoms with E-state index in [4.69, 9.17) is 4.74 Å². The van der Waals surface area contributed by atoms with Crippen LogP contribution in [-0.2, 0) is 17.8 Å². The average Bonchev–Trinajstić information content (AvgIpc) is 2.55. The summed E-state index contributed by atoms with van der Waals surface area (Å²) >= 11 is 0. The minimum Gasteiger partial charge on any atom is -0.388 e. The molecule has 0 spiro atoms. The molecule has 2 nitrogen and oxygen atoms in total. The lowest BCUT2D eigenvalue weighted by molar-refractivity contribution is 0.160. The van der Waals surface area contributed by atoms with E-state index in [1.807, 2.05) is 0 Å². The fraction of sp³-hybridized carbons (Fsp3) is 0.455. The van der Waals surface area contributed by atoms with Gasteiger partial charge in [-0.05, 0) is 30.0 Å². The van der Waals surface area contributed by atoms with E-state index >= 15 is 0 Å². The molecule has 1 aromatic rings. The lowest BCUT2D eigenvalue weighted by atomic mass is 10.0. The third kappa shape index (κ3) is 1.64. The van der Waals surface area contributed by atoms with Gasteiger partial charge in [-0.25, -0.2) is 8.78 Å². The van der Waals surface area contributed by atoms with Crippen LogP contribution in [-0.4, -0.2) is 12.2 Å². The number of aliphatic hydroxyl groups excluding tert-OH is 1. The summed E-state index contributed by atoms with van der Waals surface area (Å²) in [6.07, 6.45) is 0.416. The molecule has 0 amide bonds. The van der Waals surface area contributed by atoms with Gasteiger partial charge in [0.2, 0.25) is 0 Å². The second-order valence-corrected chi connectivity index (χ2v) is 3.71. The molecular formula is C11H12F2O2. The zero-order valence-corrected chi connectivity index (χ0v) is 8.39. The van der Waals surface area contributed by atoms with Crippen LogP contribution in [0.15, 0.2) is 6.07 Å². The summed E-state index contributed by atoms with van der Waals surface area (Å²) in [5, 5.41) is 9.66. The van der Waals surface area contributed by atoms with Crippen molar-refractivity contribution in [3.05, 3.63) is 34.4 Å². The predicted octanol–water partition coefficient (Wildman–Crippen LogP) is 2.09. The van der Waals surface area contributed by atoms with Crippen molar-refractivity contribution in [3.63, 3.8) is 0 Å². The third-order valence-corrected chi connectivity index (χ3v) is 2.76. The molecule has 1 aromatic carbocycles. The molecule has 0 aliphatic heterocycles. The Labute approximate surface area is 86.5 Å². The molecule has 4 heteroatoms. The van der Waals surface area contributed by atoms with E-state index in [-0.39, 0.29) is 12.2 Å². The van der Waals surface area contributed by atoms with Crippen LogP contribution in [0.2, 0.25) is 0 Å². The van der Waals surface area contributed by atoms with Crippen molar-refractivity contribution in [2.45, 2.75) is 25.6 Å². The Hall–Kier alpha value is -1.00.